The Balaban J connectivity index is 1.41. The Morgan fingerprint density at radius 1 is 1.03 bits per heavy atom. The number of halogens is 1. The Morgan fingerprint density at radius 3 is 2.50 bits per heavy atom. The van der Waals surface area contributed by atoms with Crippen molar-refractivity contribution in [2.24, 2.45) is 0 Å². The smallest absolute Gasteiger partial charge is 0.246 e. The molecule has 3 aromatic carbocycles. The predicted octanol–water partition coefficient (Wildman–Crippen LogP) is 4.35. The number of hydrogen-bond donors (Lipinski definition) is 0. The van der Waals surface area contributed by atoms with E-state index in [9.17, 15) is 14.0 Å². The number of aromatic nitrogens is 2. The molecule has 6 nitrogen and oxygen atoms in total. The SMILES string of the molecule is CN(C(=O)Cn1c([C@@H]2CC(=O)N(Cc3ccc(F)cc3)C2)nc2ccccc21)c1ccccc1. The number of amides is 2. The van der Waals surface area contributed by atoms with Gasteiger partial charge >= 0.3 is 0 Å². The Kier molecular flexibility index (Phi) is 5.84. The quantitative estimate of drug-likeness (QED) is 0.433. The first-order chi connectivity index (χ1) is 16.5. The highest BCUT2D eigenvalue weighted by molar-refractivity contribution is 5.93. The van der Waals surface area contributed by atoms with Crippen LogP contribution in [0.15, 0.2) is 78.9 Å². The zero-order chi connectivity index (χ0) is 23.7. The summed E-state index contributed by atoms with van der Waals surface area (Å²) >= 11 is 0. The molecule has 2 amide bonds. The van der Waals surface area contributed by atoms with Crippen molar-refractivity contribution in [3.05, 3.63) is 96.1 Å². The summed E-state index contributed by atoms with van der Waals surface area (Å²) in [6, 6.07) is 23.4. The highest BCUT2D eigenvalue weighted by atomic mass is 19.1. The van der Waals surface area contributed by atoms with E-state index >= 15 is 0 Å². The second-order valence-corrected chi connectivity index (χ2v) is 8.63. The molecule has 1 fully saturated rings. The number of nitrogens with zero attached hydrogens (tertiary/aromatic N) is 4. The van der Waals surface area contributed by atoms with Gasteiger partial charge in [-0.15, -0.1) is 0 Å². The average molecular weight is 457 g/mol. The maximum absolute atomic E-state index is 13.3. The molecule has 1 aromatic heterocycles. The molecule has 1 atom stereocenters. The molecule has 172 valence electrons. The molecule has 34 heavy (non-hydrogen) atoms. The Hall–Kier alpha value is -4.00. The highest BCUT2D eigenvalue weighted by Crippen LogP contribution is 2.31. The van der Waals surface area contributed by atoms with Gasteiger partial charge in [0.1, 0.15) is 18.2 Å². The fourth-order valence-corrected chi connectivity index (χ4v) is 4.52. The summed E-state index contributed by atoms with van der Waals surface area (Å²) in [4.78, 5) is 34.2. The van der Waals surface area contributed by atoms with Gasteiger partial charge in [-0.1, -0.05) is 42.5 Å². The van der Waals surface area contributed by atoms with Crippen LogP contribution in [-0.2, 0) is 22.7 Å². The van der Waals surface area contributed by atoms with Gasteiger partial charge in [-0.05, 0) is 42.0 Å². The van der Waals surface area contributed by atoms with Crippen LogP contribution in [-0.4, -0.2) is 39.9 Å². The van der Waals surface area contributed by atoms with Crippen molar-refractivity contribution in [3.63, 3.8) is 0 Å². The third-order valence-corrected chi connectivity index (χ3v) is 6.36. The van der Waals surface area contributed by atoms with Crippen molar-refractivity contribution in [1.82, 2.24) is 14.5 Å². The van der Waals surface area contributed by atoms with Crippen molar-refractivity contribution in [1.29, 1.82) is 0 Å². The van der Waals surface area contributed by atoms with E-state index in [0.29, 0.717) is 19.5 Å². The third kappa shape index (κ3) is 4.29. The predicted molar refractivity (Wildman–Crippen MR) is 129 cm³/mol. The molecule has 1 aliphatic rings. The fraction of sp³-hybridized carbons (Fsp3) is 0.222. The molecule has 0 N–H and O–H groups in total. The number of carbonyl (C=O) groups is 2. The number of fused-ring (bicyclic) bond motifs is 1. The van der Waals surface area contributed by atoms with Gasteiger partial charge in [-0.25, -0.2) is 9.37 Å². The second-order valence-electron chi connectivity index (χ2n) is 8.63. The van der Waals surface area contributed by atoms with Crippen LogP contribution in [0.5, 0.6) is 0 Å². The molecule has 0 saturated carbocycles. The summed E-state index contributed by atoms with van der Waals surface area (Å²) in [5, 5.41) is 0. The topological polar surface area (TPSA) is 58.4 Å². The van der Waals surface area contributed by atoms with Gasteiger partial charge in [0.2, 0.25) is 11.8 Å². The molecule has 0 bridgehead atoms. The van der Waals surface area contributed by atoms with E-state index in [1.54, 1.807) is 29.0 Å². The third-order valence-electron chi connectivity index (χ3n) is 6.36. The molecule has 1 saturated heterocycles. The lowest BCUT2D eigenvalue weighted by molar-refractivity contribution is -0.128. The standard InChI is InChI=1S/C27H25FN4O2/c1-30(22-7-3-2-4-8-22)26(34)18-32-24-10-6-5-9-23(24)29-27(32)20-15-25(33)31(17-20)16-19-11-13-21(28)14-12-19/h2-14,20H,15-18H2,1H3/t20-/m1/s1. The minimum Gasteiger partial charge on any atom is -0.338 e. The Labute approximate surface area is 197 Å². The maximum Gasteiger partial charge on any atom is 0.246 e. The molecule has 0 spiro atoms. The molecule has 5 rings (SSSR count). The number of anilines is 1. The lowest BCUT2D eigenvalue weighted by atomic mass is 10.1. The number of rotatable bonds is 6. The molecular weight excluding hydrogens is 431 g/mol. The van der Waals surface area contributed by atoms with Crippen LogP contribution >= 0.6 is 0 Å². The van der Waals surface area contributed by atoms with E-state index in [-0.39, 0.29) is 30.1 Å². The van der Waals surface area contributed by atoms with E-state index in [1.165, 1.54) is 12.1 Å². The van der Waals surface area contributed by atoms with Crippen LogP contribution in [0.1, 0.15) is 23.7 Å². The second kappa shape index (κ2) is 9.09. The van der Waals surface area contributed by atoms with E-state index in [0.717, 1.165) is 28.1 Å². The van der Waals surface area contributed by atoms with Crippen LogP contribution in [0.2, 0.25) is 0 Å². The zero-order valence-corrected chi connectivity index (χ0v) is 18.9. The summed E-state index contributed by atoms with van der Waals surface area (Å²) in [5.41, 5.74) is 3.37. The summed E-state index contributed by atoms with van der Waals surface area (Å²) in [6.07, 6.45) is 0.327. The summed E-state index contributed by atoms with van der Waals surface area (Å²) in [5.74, 6) is 0.276. The number of para-hydroxylation sites is 3. The number of imidazole rings is 1. The number of benzene rings is 3. The first kappa shape index (κ1) is 21.8. The zero-order valence-electron chi connectivity index (χ0n) is 18.9. The van der Waals surface area contributed by atoms with Gasteiger partial charge in [0, 0.05) is 38.2 Å². The van der Waals surface area contributed by atoms with Gasteiger partial charge in [-0.3, -0.25) is 9.59 Å². The van der Waals surface area contributed by atoms with E-state index in [2.05, 4.69) is 0 Å². The lowest BCUT2D eigenvalue weighted by Gasteiger charge is -2.20. The maximum atomic E-state index is 13.3. The molecular formula is C27H25FN4O2. The van der Waals surface area contributed by atoms with Gasteiger partial charge < -0.3 is 14.4 Å². The van der Waals surface area contributed by atoms with Crippen LogP contribution < -0.4 is 4.90 Å². The van der Waals surface area contributed by atoms with Crippen LogP contribution in [0.3, 0.4) is 0 Å². The van der Waals surface area contributed by atoms with Gasteiger partial charge in [0.25, 0.3) is 0 Å². The molecule has 2 heterocycles. The molecule has 0 unspecified atom stereocenters. The van der Waals surface area contributed by atoms with E-state index < -0.39 is 0 Å². The summed E-state index contributed by atoms with van der Waals surface area (Å²) in [7, 11) is 1.76. The molecule has 1 aliphatic heterocycles. The van der Waals surface area contributed by atoms with Crippen molar-refractivity contribution < 1.29 is 14.0 Å². The first-order valence-corrected chi connectivity index (χ1v) is 11.3. The fourth-order valence-electron chi connectivity index (χ4n) is 4.52. The molecule has 4 aromatic rings. The minimum atomic E-state index is -0.298. The molecule has 0 radical (unpaired) electrons. The van der Waals surface area contributed by atoms with Crippen molar-refractivity contribution in [2.45, 2.75) is 25.4 Å². The van der Waals surface area contributed by atoms with Crippen molar-refractivity contribution >= 4 is 28.5 Å². The number of likely N-dealkylation sites (tertiary alicyclic amines) is 1. The van der Waals surface area contributed by atoms with Gasteiger partial charge in [-0.2, -0.15) is 0 Å². The van der Waals surface area contributed by atoms with Crippen LogP contribution in [0.4, 0.5) is 10.1 Å². The highest BCUT2D eigenvalue weighted by Gasteiger charge is 2.34. The largest absolute Gasteiger partial charge is 0.338 e. The number of likely N-dealkylation sites (N-methyl/N-ethyl adjacent to an activating group) is 1. The summed E-state index contributed by atoms with van der Waals surface area (Å²) < 4.78 is 15.2. The first-order valence-electron chi connectivity index (χ1n) is 11.3. The lowest BCUT2D eigenvalue weighted by Crippen LogP contribution is -2.31. The molecule has 7 heteroatoms. The number of hydrogen-bond acceptors (Lipinski definition) is 3. The normalized spacial score (nSPS) is 15.8. The number of carbonyl (C=O) groups excluding carboxylic acids is 2. The van der Waals surface area contributed by atoms with Crippen molar-refractivity contribution in [3.8, 4) is 0 Å². The van der Waals surface area contributed by atoms with Crippen molar-refractivity contribution in [2.75, 3.05) is 18.5 Å². The average Bonchev–Trinajstić information content (AvgIpc) is 3.40. The van der Waals surface area contributed by atoms with E-state index in [4.69, 9.17) is 4.98 Å². The Bertz CT molecular complexity index is 1330. The molecule has 0 aliphatic carbocycles. The van der Waals surface area contributed by atoms with Crippen LogP contribution in [0, 0.1) is 5.82 Å². The summed E-state index contributed by atoms with van der Waals surface area (Å²) in [6.45, 7) is 1.05. The Morgan fingerprint density at radius 2 is 1.74 bits per heavy atom. The van der Waals surface area contributed by atoms with Crippen LogP contribution in [0.25, 0.3) is 11.0 Å². The monoisotopic (exact) mass is 456 g/mol. The minimum absolute atomic E-state index is 0.0284. The van der Waals surface area contributed by atoms with Gasteiger partial charge in [0.05, 0.1) is 11.0 Å². The van der Waals surface area contributed by atoms with Gasteiger partial charge in [0.15, 0.2) is 0 Å². The van der Waals surface area contributed by atoms with E-state index in [1.807, 2.05) is 59.2 Å².